The predicted octanol–water partition coefficient (Wildman–Crippen LogP) is 12.7. The molecule has 0 aliphatic heterocycles. The topological polar surface area (TPSA) is 81.0 Å². The maximum absolute atomic E-state index is 10.8. The fourth-order valence-corrected chi connectivity index (χ4v) is 9.19. The molecular weight excluding hydrogens is 721 g/mol. The lowest BCUT2D eigenvalue weighted by Gasteiger charge is -2.13. The molecule has 4 heterocycles. The molecule has 0 N–H and O–H groups in total. The smallest absolute Gasteiger partial charge is 0.238 e. The van der Waals surface area contributed by atoms with Gasteiger partial charge in [0, 0.05) is 42.1 Å². The first-order valence-corrected chi connectivity index (χ1v) is 19.0. The highest BCUT2D eigenvalue weighted by molar-refractivity contribution is 7.25. The molecule has 11 rings (SSSR count). The van der Waals surface area contributed by atoms with Gasteiger partial charge < -0.3 is 4.57 Å². The second-order valence-electron chi connectivity index (χ2n) is 13.8. The normalized spacial score (nSPS) is 11.5. The lowest BCUT2D eigenvalue weighted by atomic mass is 10.1. The molecule has 0 spiro atoms. The van der Waals surface area contributed by atoms with Gasteiger partial charge in [0.25, 0.3) is 0 Å². The Kier molecular flexibility index (Phi) is 7.05. The number of rotatable bonds is 4. The molecule has 11 aromatic rings. The van der Waals surface area contributed by atoms with E-state index in [0.717, 1.165) is 54.9 Å². The monoisotopic (exact) mass is 744 g/mol. The minimum Gasteiger partial charge on any atom is -0.308 e. The van der Waals surface area contributed by atoms with E-state index in [0.29, 0.717) is 40.1 Å². The van der Waals surface area contributed by atoms with Gasteiger partial charge in [-0.05, 0) is 77.5 Å². The van der Waals surface area contributed by atoms with Crippen LogP contribution in [0.2, 0.25) is 0 Å². The van der Waals surface area contributed by atoms with Gasteiger partial charge in [-0.15, -0.1) is 11.3 Å². The number of thiophene rings is 1. The summed E-state index contributed by atoms with van der Waals surface area (Å²) in [6, 6.07) is 50.5. The Morgan fingerprint density at radius 3 is 1.84 bits per heavy atom. The van der Waals surface area contributed by atoms with Crippen molar-refractivity contribution in [2.75, 3.05) is 0 Å². The second-order valence-corrected chi connectivity index (χ2v) is 14.9. The molecule has 0 aliphatic rings. The summed E-state index contributed by atoms with van der Waals surface area (Å²) in [6.45, 7) is 15.3. The molecular formula is C48H24N8S. The molecule has 262 valence electrons. The van der Waals surface area contributed by atoms with E-state index in [2.05, 4.69) is 74.9 Å². The van der Waals surface area contributed by atoms with Crippen molar-refractivity contribution >= 4 is 86.5 Å². The van der Waals surface area contributed by atoms with Crippen molar-refractivity contribution in [2.45, 2.75) is 0 Å². The van der Waals surface area contributed by atoms with Crippen LogP contribution in [0.3, 0.4) is 0 Å². The van der Waals surface area contributed by atoms with E-state index >= 15 is 0 Å². The number of hydrogen-bond acceptors (Lipinski definition) is 5. The Labute approximate surface area is 329 Å². The van der Waals surface area contributed by atoms with Gasteiger partial charge in [-0.1, -0.05) is 78.9 Å². The Morgan fingerprint density at radius 2 is 1.12 bits per heavy atom. The number of nitrogens with zero attached hydrogens (tertiary/aromatic N) is 8. The van der Waals surface area contributed by atoms with E-state index in [4.69, 9.17) is 28.1 Å². The van der Waals surface area contributed by atoms with E-state index < -0.39 is 0 Å². The quantitative estimate of drug-likeness (QED) is 0.168. The Hall–Kier alpha value is -8.16. The van der Waals surface area contributed by atoms with Crippen molar-refractivity contribution in [3.05, 3.63) is 174 Å². The zero-order valence-electron chi connectivity index (χ0n) is 29.8. The molecule has 0 bridgehead atoms. The van der Waals surface area contributed by atoms with Gasteiger partial charge >= 0.3 is 0 Å². The molecule has 7 aromatic carbocycles. The third-order valence-corrected chi connectivity index (χ3v) is 11.8. The van der Waals surface area contributed by atoms with Crippen molar-refractivity contribution in [2.24, 2.45) is 0 Å². The predicted molar refractivity (Wildman–Crippen MR) is 230 cm³/mol. The summed E-state index contributed by atoms with van der Waals surface area (Å²) in [6.07, 6.45) is 0. The number of para-hydroxylation sites is 1. The molecule has 0 radical (unpaired) electrons. The molecule has 0 fully saturated rings. The Balaban J connectivity index is 1.14. The Bertz CT molecular complexity index is 3560. The first-order valence-electron chi connectivity index (χ1n) is 18.1. The van der Waals surface area contributed by atoms with Crippen LogP contribution >= 0.6 is 11.3 Å². The zero-order chi connectivity index (χ0) is 38.2. The second kappa shape index (κ2) is 12.4. The van der Waals surface area contributed by atoms with E-state index in [-0.39, 0.29) is 0 Å². The summed E-state index contributed by atoms with van der Waals surface area (Å²) >= 11 is 1.78. The van der Waals surface area contributed by atoms with Crippen molar-refractivity contribution in [1.29, 1.82) is 5.26 Å². The average molecular weight is 745 g/mol. The van der Waals surface area contributed by atoms with Gasteiger partial charge in [0.1, 0.15) is 6.07 Å². The molecule has 0 atom stereocenters. The molecule has 0 aliphatic carbocycles. The van der Waals surface area contributed by atoms with Crippen molar-refractivity contribution in [3.8, 4) is 40.5 Å². The maximum atomic E-state index is 10.8. The lowest BCUT2D eigenvalue weighted by Crippen LogP contribution is -2.06. The standard InChI is InChI=1S/C48H24N8S/c1-50-31-17-20-41-35(23-31)36-24-32(51-2)18-21-42(36)56(41)48-53-46(28-10-4-3-5-11-28)52-47(54-48)29-16-19-39(30(22-29)27-49)55-40-14-8-6-12-33(40)37-25-38-34-13-7-9-15-44(34)57-45(38)26-43(37)55/h3-26H. The van der Waals surface area contributed by atoms with E-state index in [1.165, 1.54) is 20.2 Å². The van der Waals surface area contributed by atoms with Crippen LogP contribution in [0.5, 0.6) is 0 Å². The van der Waals surface area contributed by atoms with Crippen molar-refractivity contribution < 1.29 is 0 Å². The molecule has 0 saturated carbocycles. The minimum atomic E-state index is 0.377. The van der Waals surface area contributed by atoms with Gasteiger partial charge in [0.05, 0.1) is 46.5 Å². The van der Waals surface area contributed by atoms with E-state index in [1.54, 1.807) is 23.5 Å². The molecule has 0 unspecified atom stereocenters. The highest BCUT2D eigenvalue weighted by atomic mass is 32.1. The van der Waals surface area contributed by atoms with Gasteiger partial charge in [0.2, 0.25) is 5.95 Å². The maximum Gasteiger partial charge on any atom is 0.238 e. The minimum absolute atomic E-state index is 0.377. The summed E-state index contributed by atoms with van der Waals surface area (Å²) in [5, 5.41) is 17.2. The number of aromatic nitrogens is 5. The van der Waals surface area contributed by atoms with Crippen LogP contribution in [0.15, 0.2) is 146 Å². The summed E-state index contributed by atoms with van der Waals surface area (Å²) < 4.78 is 6.58. The van der Waals surface area contributed by atoms with E-state index in [9.17, 15) is 5.26 Å². The van der Waals surface area contributed by atoms with Gasteiger partial charge in [-0.25, -0.2) is 14.7 Å². The third kappa shape index (κ3) is 4.93. The zero-order valence-corrected chi connectivity index (χ0v) is 30.7. The van der Waals surface area contributed by atoms with Crippen LogP contribution in [-0.2, 0) is 0 Å². The molecule has 0 saturated heterocycles. The van der Waals surface area contributed by atoms with Gasteiger partial charge in [-0.3, -0.25) is 4.57 Å². The first kappa shape index (κ1) is 32.3. The molecule has 9 heteroatoms. The van der Waals surface area contributed by atoms with Crippen LogP contribution in [0, 0.1) is 24.5 Å². The summed E-state index contributed by atoms with van der Waals surface area (Å²) in [5.74, 6) is 1.25. The van der Waals surface area contributed by atoms with Gasteiger partial charge in [-0.2, -0.15) is 15.2 Å². The number of nitriles is 1. The summed E-state index contributed by atoms with van der Waals surface area (Å²) in [5.41, 5.74) is 7.34. The summed E-state index contributed by atoms with van der Waals surface area (Å²) in [7, 11) is 0. The fourth-order valence-electron chi connectivity index (χ4n) is 8.07. The fraction of sp³-hybridized carbons (Fsp3) is 0. The number of benzene rings is 7. The molecule has 57 heavy (non-hydrogen) atoms. The van der Waals surface area contributed by atoms with Crippen LogP contribution in [0.4, 0.5) is 11.4 Å². The van der Waals surface area contributed by atoms with Crippen LogP contribution in [-0.4, -0.2) is 24.1 Å². The van der Waals surface area contributed by atoms with Gasteiger partial charge in [0.15, 0.2) is 23.0 Å². The van der Waals surface area contributed by atoms with E-state index in [1.807, 2.05) is 83.4 Å². The largest absolute Gasteiger partial charge is 0.308 e. The van der Waals surface area contributed by atoms with Crippen LogP contribution in [0.25, 0.3) is 108 Å². The van der Waals surface area contributed by atoms with Crippen LogP contribution < -0.4 is 0 Å². The summed E-state index contributed by atoms with van der Waals surface area (Å²) in [4.78, 5) is 22.4. The SMILES string of the molecule is [C-]#[N+]c1ccc2c(c1)c1cc([N+]#[C-])ccc1n2-c1nc(-c2ccccc2)nc(-c2ccc(-n3c4ccccc4c4cc5c(cc43)sc3ccccc35)c(C#N)c2)n1. The molecule has 8 nitrogen and oxygen atoms in total. The third-order valence-electron chi connectivity index (χ3n) is 10.6. The highest BCUT2D eigenvalue weighted by Gasteiger charge is 2.21. The van der Waals surface area contributed by atoms with Crippen molar-refractivity contribution in [3.63, 3.8) is 0 Å². The molecule has 0 amide bonds. The van der Waals surface area contributed by atoms with Crippen LogP contribution in [0.1, 0.15) is 5.56 Å². The number of hydrogen-bond donors (Lipinski definition) is 0. The lowest BCUT2D eigenvalue weighted by molar-refractivity contribution is 0.953. The first-order chi connectivity index (χ1) is 28.1. The number of fused-ring (bicyclic) bond motifs is 9. The molecule has 4 aromatic heterocycles. The highest BCUT2D eigenvalue weighted by Crippen LogP contribution is 2.42. The Morgan fingerprint density at radius 1 is 0.491 bits per heavy atom. The average Bonchev–Trinajstić information content (AvgIpc) is 3.91. The van der Waals surface area contributed by atoms with Crippen molar-refractivity contribution in [1.82, 2.24) is 24.1 Å².